The molecule has 0 unspecified atom stereocenters. The van der Waals surface area contributed by atoms with Crippen LogP contribution in [0.4, 0.5) is 5.69 Å². The van der Waals surface area contributed by atoms with Gasteiger partial charge in [-0.3, -0.25) is 4.79 Å². The summed E-state index contributed by atoms with van der Waals surface area (Å²) in [7, 11) is 1.47. The monoisotopic (exact) mass is 245 g/mol. The molecular formula is C12H11N3O3. The number of carbonyl (C=O) groups is 1. The molecule has 6 nitrogen and oxygen atoms in total. The Labute approximate surface area is 103 Å². The topological polar surface area (TPSA) is 77.2 Å². The lowest BCUT2D eigenvalue weighted by Crippen LogP contribution is -2.08. The van der Waals surface area contributed by atoms with Gasteiger partial charge in [-0.1, -0.05) is 0 Å². The second-order valence-electron chi connectivity index (χ2n) is 3.30. The van der Waals surface area contributed by atoms with Crippen molar-refractivity contribution in [1.29, 1.82) is 0 Å². The van der Waals surface area contributed by atoms with E-state index in [-0.39, 0.29) is 11.9 Å². The highest BCUT2D eigenvalue weighted by atomic mass is 16.5. The van der Waals surface area contributed by atoms with Crippen LogP contribution in [0.2, 0.25) is 0 Å². The van der Waals surface area contributed by atoms with Crippen molar-refractivity contribution < 1.29 is 13.9 Å². The summed E-state index contributed by atoms with van der Waals surface area (Å²) in [4.78, 5) is 19.3. The van der Waals surface area contributed by atoms with Gasteiger partial charge in [0.1, 0.15) is 5.76 Å². The number of aromatic nitrogens is 2. The van der Waals surface area contributed by atoms with Gasteiger partial charge in [-0.15, -0.1) is 0 Å². The summed E-state index contributed by atoms with van der Waals surface area (Å²) in [6.45, 7) is 0. The average molecular weight is 245 g/mol. The number of ether oxygens (including phenoxy) is 1. The lowest BCUT2D eigenvalue weighted by atomic mass is 10.4. The highest BCUT2D eigenvalue weighted by Gasteiger charge is 2.00. The zero-order valence-electron chi connectivity index (χ0n) is 9.66. The number of hydrogen-bond donors (Lipinski definition) is 1. The molecule has 1 N–H and O–H groups in total. The SMILES string of the molecule is COc1ncc(NC(=O)C=Cc2ccco2)cn1. The normalized spacial score (nSPS) is 10.5. The molecule has 0 saturated heterocycles. The fourth-order valence-electron chi connectivity index (χ4n) is 1.21. The molecule has 0 radical (unpaired) electrons. The number of nitrogens with zero attached hydrogens (tertiary/aromatic N) is 2. The summed E-state index contributed by atoms with van der Waals surface area (Å²) in [5, 5.41) is 2.61. The molecule has 2 aromatic rings. The molecule has 0 atom stereocenters. The minimum atomic E-state index is -0.292. The molecule has 2 heterocycles. The number of furan rings is 1. The highest BCUT2D eigenvalue weighted by molar-refractivity contribution is 6.01. The fraction of sp³-hybridized carbons (Fsp3) is 0.0833. The zero-order valence-corrected chi connectivity index (χ0v) is 9.66. The largest absolute Gasteiger partial charge is 0.467 e. The van der Waals surface area contributed by atoms with Gasteiger partial charge in [0, 0.05) is 6.08 Å². The van der Waals surface area contributed by atoms with E-state index in [1.807, 2.05) is 0 Å². The first-order chi connectivity index (χ1) is 8.78. The van der Waals surface area contributed by atoms with Crippen molar-refractivity contribution in [3.8, 4) is 6.01 Å². The molecule has 18 heavy (non-hydrogen) atoms. The molecular weight excluding hydrogens is 234 g/mol. The van der Waals surface area contributed by atoms with Crippen LogP contribution >= 0.6 is 0 Å². The number of nitrogens with one attached hydrogen (secondary N) is 1. The second-order valence-corrected chi connectivity index (χ2v) is 3.30. The molecule has 1 amide bonds. The molecule has 0 saturated carbocycles. The Morgan fingerprint density at radius 3 is 2.83 bits per heavy atom. The predicted molar refractivity (Wildman–Crippen MR) is 65.0 cm³/mol. The van der Waals surface area contributed by atoms with Crippen LogP contribution in [0.15, 0.2) is 41.3 Å². The number of amides is 1. The number of hydrogen-bond acceptors (Lipinski definition) is 5. The van der Waals surface area contributed by atoms with Crippen molar-refractivity contribution in [3.63, 3.8) is 0 Å². The Bertz CT molecular complexity index is 532. The van der Waals surface area contributed by atoms with Crippen molar-refractivity contribution in [3.05, 3.63) is 42.6 Å². The van der Waals surface area contributed by atoms with E-state index < -0.39 is 0 Å². The average Bonchev–Trinajstić information content (AvgIpc) is 2.90. The summed E-state index contributed by atoms with van der Waals surface area (Å²) in [5.74, 6) is 0.316. The lowest BCUT2D eigenvalue weighted by Gasteiger charge is -2.01. The molecule has 92 valence electrons. The van der Waals surface area contributed by atoms with E-state index in [9.17, 15) is 4.79 Å². The fourth-order valence-corrected chi connectivity index (χ4v) is 1.21. The smallest absolute Gasteiger partial charge is 0.316 e. The van der Waals surface area contributed by atoms with Crippen LogP contribution in [0.3, 0.4) is 0 Å². The molecule has 2 aromatic heterocycles. The van der Waals surface area contributed by atoms with Crippen LogP contribution in [0.5, 0.6) is 6.01 Å². The Hall–Kier alpha value is -2.63. The first-order valence-electron chi connectivity index (χ1n) is 5.16. The van der Waals surface area contributed by atoms with E-state index in [1.165, 1.54) is 31.8 Å². The van der Waals surface area contributed by atoms with Gasteiger partial charge in [0.25, 0.3) is 0 Å². The molecule has 0 bridgehead atoms. The third-order valence-corrected chi connectivity index (χ3v) is 2.02. The molecule has 0 aliphatic carbocycles. The molecule has 0 fully saturated rings. The van der Waals surface area contributed by atoms with E-state index in [0.29, 0.717) is 11.4 Å². The van der Waals surface area contributed by atoms with Gasteiger partial charge in [-0.05, 0) is 18.2 Å². The van der Waals surface area contributed by atoms with Crippen molar-refractivity contribution in [2.75, 3.05) is 12.4 Å². The first-order valence-corrected chi connectivity index (χ1v) is 5.16. The van der Waals surface area contributed by atoms with Gasteiger partial charge in [0.05, 0.1) is 31.5 Å². The van der Waals surface area contributed by atoms with Crippen LogP contribution in [-0.4, -0.2) is 23.0 Å². The summed E-state index contributed by atoms with van der Waals surface area (Å²) >= 11 is 0. The van der Waals surface area contributed by atoms with Gasteiger partial charge in [0.2, 0.25) is 5.91 Å². The van der Waals surface area contributed by atoms with Gasteiger partial charge in [-0.25, -0.2) is 9.97 Å². The van der Waals surface area contributed by atoms with Gasteiger partial charge in [0.15, 0.2) is 0 Å². The second kappa shape index (κ2) is 5.62. The quantitative estimate of drug-likeness (QED) is 0.830. The summed E-state index contributed by atoms with van der Waals surface area (Å²) < 4.78 is 9.87. The molecule has 0 spiro atoms. The van der Waals surface area contributed by atoms with Crippen LogP contribution in [-0.2, 0) is 4.79 Å². The van der Waals surface area contributed by atoms with E-state index in [2.05, 4.69) is 15.3 Å². The van der Waals surface area contributed by atoms with Crippen LogP contribution in [0, 0.1) is 0 Å². The van der Waals surface area contributed by atoms with E-state index in [4.69, 9.17) is 9.15 Å². The Balaban J connectivity index is 1.94. The summed E-state index contributed by atoms with van der Waals surface area (Å²) in [6, 6.07) is 3.74. The van der Waals surface area contributed by atoms with Gasteiger partial charge >= 0.3 is 6.01 Å². The maximum Gasteiger partial charge on any atom is 0.316 e. The molecule has 0 aliphatic heterocycles. The van der Waals surface area contributed by atoms with Crippen molar-refractivity contribution >= 4 is 17.7 Å². The number of anilines is 1. The maximum atomic E-state index is 11.5. The molecule has 6 heteroatoms. The van der Waals surface area contributed by atoms with Gasteiger partial charge < -0.3 is 14.5 Å². The van der Waals surface area contributed by atoms with E-state index in [1.54, 1.807) is 18.2 Å². The zero-order chi connectivity index (χ0) is 12.8. The van der Waals surface area contributed by atoms with Crippen molar-refractivity contribution in [2.24, 2.45) is 0 Å². The van der Waals surface area contributed by atoms with Crippen LogP contribution in [0.25, 0.3) is 6.08 Å². The Morgan fingerprint density at radius 1 is 1.44 bits per heavy atom. The lowest BCUT2D eigenvalue weighted by molar-refractivity contribution is -0.111. The van der Waals surface area contributed by atoms with Gasteiger partial charge in [-0.2, -0.15) is 0 Å². The van der Waals surface area contributed by atoms with Crippen molar-refractivity contribution in [1.82, 2.24) is 9.97 Å². The standard InChI is InChI=1S/C12H11N3O3/c1-17-12-13-7-9(8-14-12)15-11(16)5-4-10-3-2-6-18-10/h2-8H,1H3,(H,15,16). The Kier molecular flexibility index (Phi) is 3.70. The van der Waals surface area contributed by atoms with Crippen molar-refractivity contribution in [2.45, 2.75) is 0 Å². The summed E-state index contributed by atoms with van der Waals surface area (Å²) in [6.07, 6.45) is 7.40. The third-order valence-electron chi connectivity index (χ3n) is 2.02. The predicted octanol–water partition coefficient (Wildman–Crippen LogP) is 1.73. The van der Waals surface area contributed by atoms with E-state index >= 15 is 0 Å². The number of carbonyl (C=O) groups excluding carboxylic acids is 1. The maximum absolute atomic E-state index is 11.5. The molecule has 0 aliphatic rings. The van der Waals surface area contributed by atoms with Crippen LogP contribution in [0.1, 0.15) is 5.76 Å². The minimum absolute atomic E-state index is 0.249. The highest BCUT2D eigenvalue weighted by Crippen LogP contribution is 2.07. The number of methoxy groups -OCH3 is 1. The minimum Gasteiger partial charge on any atom is -0.467 e. The van der Waals surface area contributed by atoms with Crippen LogP contribution < -0.4 is 10.1 Å². The summed E-state index contributed by atoms with van der Waals surface area (Å²) in [5.41, 5.74) is 0.491. The number of rotatable bonds is 4. The van der Waals surface area contributed by atoms with E-state index in [0.717, 1.165) is 0 Å². The third kappa shape index (κ3) is 3.18. The molecule has 2 rings (SSSR count). The molecule has 0 aromatic carbocycles. The Morgan fingerprint density at radius 2 is 2.22 bits per heavy atom. The first kappa shape index (κ1) is 11.8.